The molecule has 0 aliphatic carbocycles. The van der Waals surface area contributed by atoms with Crippen LogP contribution in [0.2, 0.25) is 0 Å². The van der Waals surface area contributed by atoms with Crippen molar-refractivity contribution in [3.8, 4) is 0 Å². The Morgan fingerprint density at radius 3 is 2.50 bits per heavy atom. The number of benzene rings is 1. The topological polar surface area (TPSA) is 55.9 Å². The van der Waals surface area contributed by atoms with Gasteiger partial charge in [0.05, 0.1) is 11.7 Å². The summed E-state index contributed by atoms with van der Waals surface area (Å²) >= 11 is 0. The first-order chi connectivity index (χ1) is 9.56. The first kappa shape index (κ1) is 14.6. The zero-order valence-corrected chi connectivity index (χ0v) is 11.5. The summed E-state index contributed by atoms with van der Waals surface area (Å²) in [6.07, 6.45) is 1.17. The standard InChI is InChI=1S/C14H18F2N4/c1-3-9-7-10(20(2)19-9)8-13(18-17)14-11(15)5-4-6-12(14)16/h4-7,13,18H,3,8,17H2,1-2H3. The number of hydrogen-bond donors (Lipinski definition) is 2. The second-order valence-corrected chi connectivity index (χ2v) is 4.66. The van der Waals surface area contributed by atoms with E-state index >= 15 is 0 Å². The van der Waals surface area contributed by atoms with Crippen LogP contribution in [0.15, 0.2) is 24.3 Å². The molecule has 1 heterocycles. The molecule has 0 fully saturated rings. The van der Waals surface area contributed by atoms with Crippen LogP contribution < -0.4 is 11.3 Å². The van der Waals surface area contributed by atoms with Crippen molar-refractivity contribution in [2.75, 3.05) is 0 Å². The van der Waals surface area contributed by atoms with Gasteiger partial charge in [-0.2, -0.15) is 5.10 Å². The molecule has 0 spiro atoms. The summed E-state index contributed by atoms with van der Waals surface area (Å²) in [6.45, 7) is 2.00. The van der Waals surface area contributed by atoms with Gasteiger partial charge in [-0.15, -0.1) is 0 Å². The highest BCUT2D eigenvalue weighted by Crippen LogP contribution is 2.23. The summed E-state index contributed by atoms with van der Waals surface area (Å²) in [5.41, 5.74) is 4.24. The number of halogens is 2. The fourth-order valence-electron chi connectivity index (χ4n) is 2.23. The number of nitrogens with two attached hydrogens (primary N) is 1. The van der Waals surface area contributed by atoms with E-state index in [2.05, 4.69) is 10.5 Å². The summed E-state index contributed by atoms with van der Waals surface area (Å²) in [5, 5.41) is 4.32. The molecule has 0 aliphatic rings. The molecule has 2 rings (SSSR count). The third kappa shape index (κ3) is 2.86. The van der Waals surface area contributed by atoms with Crippen LogP contribution in [-0.2, 0) is 19.9 Å². The Morgan fingerprint density at radius 1 is 1.35 bits per heavy atom. The SMILES string of the molecule is CCc1cc(CC(NN)c2c(F)cccc2F)n(C)n1. The van der Waals surface area contributed by atoms with Crippen molar-refractivity contribution >= 4 is 0 Å². The molecule has 4 nitrogen and oxygen atoms in total. The van der Waals surface area contributed by atoms with Gasteiger partial charge in [-0.05, 0) is 24.6 Å². The molecule has 1 atom stereocenters. The highest BCUT2D eigenvalue weighted by Gasteiger charge is 2.21. The number of nitrogens with one attached hydrogen (secondary N) is 1. The number of hydrogen-bond acceptors (Lipinski definition) is 3. The van der Waals surface area contributed by atoms with Gasteiger partial charge >= 0.3 is 0 Å². The van der Waals surface area contributed by atoms with Gasteiger partial charge in [-0.25, -0.2) is 8.78 Å². The van der Waals surface area contributed by atoms with Crippen molar-refractivity contribution in [3.63, 3.8) is 0 Å². The first-order valence-electron chi connectivity index (χ1n) is 6.48. The molecule has 0 radical (unpaired) electrons. The maximum atomic E-state index is 13.8. The summed E-state index contributed by atoms with van der Waals surface area (Å²) in [6, 6.07) is 5.06. The molecule has 3 N–H and O–H groups in total. The second-order valence-electron chi connectivity index (χ2n) is 4.66. The van der Waals surface area contributed by atoms with E-state index in [0.717, 1.165) is 17.8 Å². The average Bonchev–Trinajstić information content (AvgIpc) is 2.78. The number of nitrogens with zero attached hydrogens (tertiary/aromatic N) is 2. The van der Waals surface area contributed by atoms with Crippen LogP contribution in [0, 0.1) is 11.6 Å². The monoisotopic (exact) mass is 280 g/mol. The van der Waals surface area contributed by atoms with E-state index in [1.807, 2.05) is 13.0 Å². The van der Waals surface area contributed by atoms with Gasteiger partial charge in [-0.1, -0.05) is 13.0 Å². The lowest BCUT2D eigenvalue weighted by Crippen LogP contribution is -2.31. The maximum absolute atomic E-state index is 13.8. The predicted octanol–water partition coefficient (Wildman–Crippen LogP) is 2.01. The zero-order valence-electron chi connectivity index (χ0n) is 11.5. The van der Waals surface area contributed by atoms with Gasteiger partial charge in [0.1, 0.15) is 11.6 Å². The summed E-state index contributed by atoms with van der Waals surface area (Å²) in [4.78, 5) is 0. The highest BCUT2D eigenvalue weighted by atomic mass is 19.1. The van der Waals surface area contributed by atoms with Crippen LogP contribution in [-0.4, -0.2) is 9.78 Å². The molecule has 6 heteroatoms. The number of aryl methyl sites for hydroxylation is 2. The lowest BCUT2D eigenvalue weighted by atomic mass is 10.0. The molecular weight excluding hydrogens is 262 g/mol. The first-order valence-corrected chi connectivity index (χ1v) is 6.48. The Hall–Kier alpha value is -1.79. The van der Waals surface area contributed by atoms with Gasteiger partial charge < -0.3 is 0 Å². The van der Waals surface area contributed by atoms with Gasteiger partial charge in [-0.3, -0.25) is 16.0 Å². The predicted molar refractivity (Wildman–Crippen MR) is 72.7 cm³/mol. The molecule has 1 unspecified atom stereocenters. The van der Waals surface area contributed by atoms with Crippen LogP contribution in [0.5, 0.6) is 0 Å². The Kier molecular flexibility index (Phi) is 4.46. The largest absolute Gasteiger partial charge is 0.272 e. The van der Waals surface area contributed by atoms with Gasteiger partial charge in [0.25, 0.3) is 0 Å². The van der Waals surface area contributed by atoms with Crippen LogP contribution in [0.25, 0.3) is 0 Å². The van der Waals surface area contributed by atoms with Crippen LogP contribution in [0.4, 0.5) is 8.78 Å². The minimum Gasteiger partial charge on any atom is -0.272 e. The van der Waals surface area contributed by atoms with Crippen LogP contribution in [0.1, 0.15) is 29.9 Å². The Bertz CT molecular complexity index is 575. The second kappa shape index (κ2) is 6.11. The van der Waals surface area contributed by atoms with E-state index in [9.17, 15) is 8.78 Å². The normalized spacial score (nSPS) is 12.7. The van der Waals surface area contributed by atoms with E-state index in [1.165, 1.54) is 18.2 Å². The molecule has 108 valence electrons. The molecule has 2 aromatic rings. The number of hydrazine groups is 1. The molecule has 0 amide bonds. The third-order valence-corrected chi connectivity index (χ3v) is 3.35. The lowest BCUT2D eigenvalue weighted by Gasteiger charge is -2.17. The molecule has 0 saturated carbocycles. The van der Waals surface area contributed by atoms with E-state index in [1.54, 1.807) is 11.7 Å². The molecule has 20 heavy (non-hydrogen) atoms. The lowest BCUT2D eigenvalue weighted by molar-refractivity contribution is 0.464. The van der Waals surface area contributed by atoms with Gasteiger partial charge in [0, 0.05) is 24.7 Å². The highest BCUT2D eigenvalue weighted by molar-refractivity contribution is 5.25. The molecule has 0 saturated heterocycles. The molecule has 1 aromatic carbocycles. The Balaban J connectivity index is 2.31. The smallest absolute Gasteiger partial charge is 0.130 e. The number of rotatable bonds is 5. The summed E-state index contributed by atoms with van der Waals surface area (Å²) in [7, 11) is 1.81. The molecular formula is C14H18F2N4. The van der Waals surface area contributed by atoms with E-state index < -0.39 is 17.7 Å². The van der Waals surface area contributed by atoms with Crippen LogP contribution in [0.3, 0.4) is 0 Å². The number of aromatic nitrogens is 2. The van der Waals surface area contributed by atoms with Crippen molar-refractivity contribution in [2.45, 2.75) is 25.8 Å². The maximum Gasteiger partial charge on any atom is 0.130 e. The van der Waals surface area contributed by atoms with Crippen molar-refractivity contribution in [1.82, 2.24) is 15.2 Å². The zero-order chi connectivity index (χ0) is 14.7. The Labute approximate surface area is 116 Å². The van der Waals surface area contributed by atoms with Crippen molar-refractivity contribution < 1.29 is 8.78 Å². The van der Waals surface area contributed by atoms with Crippen molar-refractivity contribution in [1.29, 1.82) is 0 Å². The average molecular weight is 280 g/mol. The van der Waals surface area contributed by atoms with Gasteiger partial charge in [0.15, 0.2) is 0 Å². The molecule has 1 aromatic heterocycles. The van der Waals surface area contributed by atoms with E-state index in [0.29, 0.717) is 6.42 Å². The Morgan fingerprint density at radius 2 is 2.00 bits per heavy atom. The molecule has 0 bridgehead atoms. The minimum atomic E-state index is -0.642. The fraction of sp³-hybridized carbons (Fsp3) is 0.357. The fourth-order valence-corrected chi connectivity index (χ4v) is 2.23. The van der Waals surface area contributed by atoms with Crippen molar-refractivity contribution in [2.24, 2.45) is 12.9 Å². The summed E-state index contributed by atoms with van der Waals surface area (Å²) < 4.78 is 29.3. The summed E-state index contributed by atoms with van der Waals surface area (Å²) in [5.74, 6) is 4.26. The minimum absolute atomic E-state index is 0.0470. The quantitative estimate of drug-likeness (QED) is 0.650. The molecule has 0 aliphatic heterocycles. The van der Waals surface area contributed by atoms with E-state index in [4.69, 9.17) is 5.84 Å². The van der Waals surface area contributed by atoms with E-state index in [-0.39, 0.29) is 5.56 Å². The van der Waals surface area contributed by atoms with Gasteiger partial charge in [0.2, 0.25) is 0 Å². The van der Waals surface area contributed by atoms with Crippen LogP contribution >= 0.6 is 0 Å². The third-order valence-electron chi connectivity index (χ3n) is 3.35. The van der Waals surface area contributed by atoms with Crippen molar-refractivity contribution in [3.05, 3.63) is 52.9 Å².